The fourth-order valence-electron chi connectivity index (χ4n) is 1.27. The smallest absolute Gasteiger partial charge is 0.218 e. The molecule has 1 heterocycles. The number of ether oxygens (including phenoxy) is 1. The maximum Gasteiger partial charge on any atom is 0.218 e. The van der Waals surface area contributed by atoms with Crippen LogP contribution in [0.15, 0.2) is 0 Å². The molecular weight excluding hydrogens is 170 g/mol. The van der Waals surface area contributed by atoms with Crippen LogP contribution in [0.5, 0.6) is 5.88 Å². The molecule has 0 aliphatic heterocycles. The van der Waals surface area contributed by atoms with Gasteiger partial charge >= 0.3 is 0 Å². The lowest BCUT2D eigenvalue weighted by atomic mass is 10.1. The van der Waals surface area contributed by atoms with E-state index in [4.69, 9.17) is 10.00 Å². The number of aryl methyl sites for hydroxylation is 2. The van der Waals surface area contributed by atoms with Crippen molar-refractivity contribution in [3.05, 3.63) is 11.3 Å². The van der Waals surface area contributed by atoms with Crippen LogP contribution in [0.25, 0.3) is 0 Å². The summed E-state index contributed by atoms with van der Waals surface area (Å²) in [5.41, 5.74) is 1.04. The summed E-state index contributed by atoms with van der Waals surface area (Å²) >= 11 is 0. The van der Waals surface area contributed by atoms with E-state index in [1.807, 2.05) is 0 Å². The Kier molecular flexibility index (Phi) is 2.54. The third-order valence-electron chi connectivity index (χ3n) is 1.80. The van der Waals surface area contributed by atoms with Crippen LogP contribution >= 0.6 is 0 Å². The second-order valence-corrected chi connectivity index (χ2v) is 2.66. The van der Waals surface area contributed by atoms with Gasteiger partial charge in [0.1, 0.15) is 0 Å². The Balaban J connectivity index is 3.26. The second-order valence-electron chi connectivity index (χ2n) is 2.66. The van der Waals surface area contributed by atoms with Gasteiger partial charge in [-0.05, 0) is 6.92 Å². The van der Waals surface area contributed by atoms with Gasteiger partial charge in [0.25, 0.3) is 0 Å². The van der Waals surface area contributed by atoms with E-state index < -0.39 is 6.10 Å². The molecule has 0 saturated carbocycles. The van der Waals surface area contributed by atoms with Gasteiger partial charge in [-0.1, -0.05) is 0 Å². The van der Waals surface area contributed by atoms with Crippen LogP contribution in [-0.2, 0) is 7.05 Å². The van der Waals surface area contributed by atoms with E-state index >= 15 is 0 Å². The zero-order valence-corrected chi connectivity index (χ0v) is 7.77. The standard InChI is InChI=1S/C8H11N3O2/c1-5-7(6(12)4-9)8(13-3)11(2)10-5/h6,12H,1-3H3. The monoisotopic (exact) mass is 181 g/mol. The largest absolute Gasteiger partial charge is 0.481 e. The highest BCUT2D eigenvalue weighted by Gasteiger charge is 2.20. The number of nitrogens with zero attached hydrogens (tertiary/aromatic N) is 3. The molecular formula is C8H11N3O2. The molecule has 0 spiro atoms. The summed E-state index contributed by atoms with van der Waals surface area (Å²) < 4.78 is 6.50. The number of nitriles is 1. The van der Waals surface area contributed by atoms with Crippen molar-refractivity contribution in [2.75, 3.05) is 7.11 Å². The first-order valence-corrected chi connectivity index (χ1v) is 3.77. The molecule has 0 fully saturated rings. The zero-order chi connectivity index (χ0) is 10.0. The summed E-state index contributed by atoms with van der Waals surface area (Å²) in [4.78, 5) is 0. The van der Waals surface area contributed by atoms with E-state index in [1.165, 1.54) is 11.8 Å². The van der Waals surface area contributed by atoms with E-state index in [-0.39, 0.29) is 0 Å². The SMILES string of the molecule is COc1c(C(O)C#N)c(C)nn1C. The molecule has 0 bridgehead atoms. The van der Waals surface area contributed by atoms with E-state index in [2.05, 4.69) is 5.10 Å². The van der Waals surface area contributed by atoms with Crippen molar-refractivity contribution in [3.8, 4) is 11.9 Å². The predicted molar refractivity (Wildman–Crippen MR) is 45.1 cm³/mol. The first kappa shape index (κ1) is 9.55. The number of methoxy groups -OCH3 is 1. The van der Waals surface area contributed by atoms with Gasteiger partial charge in [0.2, 0.25) is 5.88 Å². The van der Waals surface area contributed by atoms with Gasteiger partial charge in [-0.25, -0.2) is 4.68 Å². The lowest BCUT2D eigenvalue weighted by Crippen LogP contribution is -2.00. The number of aliphatic hydroxyl groups is 1. The Hall–Kier alpha value is -1.54. The van der Waals surface area contributed by atoms with Gasteiger partial charge in [0, 0.05) is 7.05 Å². The Bertz CT molecular complexity index is 351. The van der Waals surface area contributed by atoms with Crippen molar-refractivity contribution in [2.45, 2.75) is 13.0 Å². The molecule has 1 aromatic heterocycles. The van der Waals surface area contributed by atoms with E-state index in [0.29, 0.717) is 17.1 Å². The molecule has 0 aliphatic rings. The van der Waals surface area contributed by atoms with Gasteiger partial charge in [0.15, 0.2) is 6.10 Å². The van der Waals surface area contributed by atoms with E-state index in [0.717, 1.165) is 0 Å². The summed E-state index contributed by atoms with van der Waals surface area (Å²) in [5.74, 6) is 0.423. The van der Waals surface area contributed by atoms with Gasteiger partial charge < -0.3 is 9.84 Å². The Morgan fingerprint density at radius 3 is 2.77 bits per heavy atom. The molecule has 0 radical (unpaired) electrons. The van der Waals surface area contributed by atoms with Gasteiger partial charge in [-0.2, -0.15) is 10.4 Å². The van der Waals surface area contributed by atoms with Crippen LogP contribution in [0.2, 0.25) is 0 Å². The number of hydrogen-bond donors (Lipinski definition) is 1. The minimum atomic E-state index is -1.18. The average molecular weight is 181 g/mol. The Labute approximate surface area is 76.2 Å². The van der Waals surface area contributed by atoms with E-state index in [1.54, 1.807) is 20.0 Å². The lowest BCUT2D eigenvalue weighted by Gasteiger charge is -2.04. The number of aliphatic hydroxyl groups excluding tert-OH is 1. The first-order valence-electron chi connectivity index (χ1n) is 3.77. The highest BCUT2D eigenvalue weighted by atomic mass is 16.5. The summed E-state index contributed by atoms with van der Waals surface area (Å²) in [5, 5.41) is 21.9. The van der Waals surface area contributed by atoms with Crippen LogP contribution in [0.1, 0.15) is 17.4 Å². The molecule has 0 saturated heterocycles. The van der Waals surface area contributed by atoms with Crippen LogP contribution in [0.3, 0.4) is 0 Å². The lowest BCUT2D eigenvalue weighted by molar-refractivity contribution is 0.227. The Morgan fingerprint density at radius 1 is 1.69 bits per heavy atom. The molecule has 5 heteroatoms. The van der Waals surface area contributed by atoms with Crippen molar-refractivity contribution in [1.82, 2.24) is 9.78 Å². The molecule has 1 aromatic rings. The average Bonchev–Trinajstić information content (AvgIpc) is 2.39. The van der Waals surface area contributed by atoms with Crippen LogP contribution in [0.4, 0.5) is 0 Å². The number of rotatable bonds is 2. The van der Waals surface area contributed by atoms with Crippen LogP contribution < -0.4 is 4.74 Å². The van der Waals surface area contributed by atoms with Gasteiger partial charge in [-0.3, -0.25) is 0 Å². The van der Waals surface area contributed by atoms with Gasteiger partial charge in [0.05, 0.1) is 24.4 Å². The predicted octanol–water partition coefficient (Wildman–Crippen LogP) is 0.294. The van der Waals surface area contributed by atoms with Crippen molar-refractivity contribution in [2.24, 2.45) is 7.05 Å². The van der Waals surface area contributed by atoms with Gasteiger partial charge in [-0.15, -0.1) is 0 Å². The molecule has 1 atom stereocenters. The highest BCUT2D eigenvalue weighted by Crippen LogP contribution is 2.26. The molecule has 1 rings (SSSR count). The molecule has 13 heavy (non-hydrogen) atoms. The van der Waals surface area contributed by atoms with Crippen molar-refractivity contribution >= 4 is 0 Å². The summed E-state index contributed by atoms with van der Waals surface area (Å²) in [6, 6.07) is 1.73. The van der Waals surface area contributed by atoms with Crippen molar-refractivity contribution in [3.63, 3.8) is 0 Å². The summed E-state index contributed by atoms with van der Waals surface area (Å²) in [6.07, 6.45) is -1.18. The Morgan fingerprint density at radius 2 is 2.31 bits per heavy atom. The molecule has 1 unspecified atom stereocenters. The topological polar surface area (TPSA) is 71.1 Å². The van der Waals surface area contributed by atoms with Crippen molar-refractivity contribution in [1.29, 1.82) is 5.26 Å². The second kappa shape index (κ2) is 3.46. The normalized spacial score (nSPS) is 12.2. The maximum atomic E-state index is 9.34. The third-order valence-corrected chi connectivity index (χ3v) is 1.80. The zero-order valence-electron chi connectivity index (χ0n) is 7.77. The van der Waals surface area contributed by atoms with Crippen molar-refractivity contribution < 1.29 is 9.84 Å². The third kappa shape index (κ3) is 1.48. The first-order chi connectivity index (χ1) is 6.11. The number of aromatic nitrogens is 2. The minimum absolute atomic E-state index is 0.423. The van der Waals surface area contributed by atoms with Crippen LogP contribution in [0, 0.1) is 18.3 Å². The fourth-order valence-corrected chi connectivity index (χ4v) is 1.27. The summed E-state index contributed by atoms with van der Waals surface area (Å²) in [7, 11) is 3.17. The minimum Gasteiger partial charge on any atom is -0.481 e. The molecule has 70 valence electrons. The quantitative estimate of drug-likeness (QED) is 0.666. The molecule has 5 nitrogen and oxygen atoms in total. The summed E-state index contributed by atoms with van der Waals surface area (Å²) in [6.45, 7) is 1.72. The fraction of sp³-hybridized carbons (Fsp3) is 0.500. The molecule has 0 aliphatic carbocycles. The molecule has 0 amide bonds. The van der Waals surface area contributed by atoms with Crippen LogP contribution in [-0.4, -0.2) is 22.0 Å². The molecule has 1 N–H and O–H groups in total. The molecule has 0 aromatic carbocycles. The number of hydrogen-bond acceptors (Lipinski definition) is 4. The highest BCUT2D eigenvalue weighted by molar-refractivity contribution is 5.35. The van der Waals surface area contributed by atoms with E-state index in [9.17, 15) is 5.11 Å². The maximum absolute atomic E-state index is 9.34.